The van der Waals surface area contributed by atoms with E-state index in [9.17, 15) is 0 Å². The molecule has 1 aromatic heterocycles. The Labute approximate surface area is 482 Å². The molecule has 418 valence electrons. The zero-order valence-electron chi connectivity index (χ0n) is 52.8. The molecule has 3 nitrogen and oxygen atoms in total. The molecule has 0 atom stereocenters. The molecule has 10 aliphatic rings. The van der Waals surface area contributed by atoms with Crippen molar-refractivity contribution in [2.45, 2.75) is 263 Å². The summed E-state index contributed by atoms with van der Waals surface area (Å²) in [7, 11) is 0. The molecule has 4 fully saturated rings. The number of rotatable bonds is 3. The van der Waals surface area contributed by atoms with Gasteiger partial charge in [-0.15, -0.1) is 0 Å². The minimum absolute atomic E-state index is 0.0297. The maximum Gasteiger partial charge on any atom is 0.297 e. The van der Waals surface area contributed by atoms with Gasteiger partial charge in [0.2, 0.25) is 0 Å². The van der Waals surface area contributed by atoms with E-state index < -0.39 is 0 Å². The van der Waals surface area contributed by atoms with E-state index in [4.69, 9.17) is 4.42 Å². The molecule has 80 heavy (non-hydrogen) atoms. The van der Waals surface area contributed by atoms with Crippen LogP contribution in [0.2, 0.25) is 0 Å². The minimum Gasteiger partial charge on any atom is -0.468 e. The fourth-order valence-corrected chi connectivity index (χ4v) is 20.1. The van der Waals surface area contributed by atoms with Crippen molar-refractivity contribution >= 4 is 68.4 Å². The lowest BCUT2D eigenvalue weighted by atomic mass is 9.35. The molecule has 2 aliphatic heterocycles. The van der Waals surface area contributed by atoms with E-state index in [-0.39, 0.29) is 55.4 Å². The van der Waals surface area contributed by atoms with Gasteiger partial charge < -0.3 is 14.2 Å². The lowest BCUT2D eigenvalue weighted by Crippen LogP contribution is -2.61. The minimum atomic E-state index is -0.0962. The average molecular weight is 1060 g/mol. The number of nitrogens with zero attached hydrogens (tertiary/aromatic N) is 2. The molecule has 4 saturated carbocycles. The number of anilines is 6. The number of fused-ring (bicyclic) bond motifs is 10. The van der Waals surface area contributed by atoms with Gasteiger partial charge in [0.15, 0.2) is 0 Å². The van der Waals surface area contributed by atoms with Crippen molar-refractivity contribution in [3.05, 3.63) is 122 Å². The van der Waals surface area contributed by atoms with Crippen LogP contribution in [0.25, 0.3) is 11.0 Å². The molecular weight excluding hydrogens is 968 g/mol. The molecule has 6 aromatic rings. The highest BCUT2D eigenvalue weighted by molar-refractivity contribution is 7.00. The fraction of sp³-hybridized carbons (Fsp3) is 0.579. The average Bonchev–Trinajstić information content (AvgIpc) is 3.76. The molecule has 0 radical (unpaired) electrons. The highest BCUT2D eigenvalue weighted by atomic mass is 16.3. The molecule has 5 aromatic carbocycles. The van der Waals surface area contributed by atoms with Gasteiger partial charge in [0.1, 0.15) is 5.58 Å². The van der Waals surface area contributed by atoms with Gasteiger partial charge in [-0.05, 0) is 285 Å². The first-order valence-corrected chi connectivity index (χ1v) is 32.2. The van der Waals surface area contributed by atoms with Crippen molar-refractivity contribution < 1.29 is 4.42 Å². The predicted octanol–water partition coefficient (Wildman–Crippen LogP) is 19.0. The molecule has 0 amide bonds. The summed E-state index contributed by atoms with van der Waals surface area (Å²) in [6, 6.07) is 26.9. The topological polar surface area (TPSA) is 19.6 Å². The summed E-state index contributed by atoms with van der Waals surface area (Å²) in [5.41, 5.74) is 30.5. The molecule has 16 rings (SSSR count). The Kier molecular flexibility index (Phi) is 10.4. The maximum absolute atomic E-state index is 8.00. The van der Waals surface area contributed by atoms with Gasteiger partial charge >= 0.3 is 0 Å². The van der Waals surface area contributed by atoms with Gasteiger partial charge in [0, 0.05) is 33.8 Å². The third-order valence-electron chi connectivity index (χ3n) is 25.1. The Morgan fingerprint density at radius 1 is 0.425 bits per heavy atom. The standard InChI is InChI=1S/C76H95BN2O/c1-43-29-51-54(72(11,12)24-21-69(51,5)6)37-59(43)78-60-38-55-53(71(9,10)23-25-73(55,13)14)36-57(60)77-65-61(78)33-48(76-40-45-30-46(41-76)32-47(31-45)42-76)34-62(65)79(58-20-19-50-64(44(58)2)75(17,18)28-27-68(50,3)4)66-49-35-52-56(39-63(49)80-67(66)77)74(15,16)26-22-70(52,7)8/h19-20,29,33-39,45-47H,21-28,30-32,40-42H2,1-18H3. The largest absolute Gasteiger partial charge is 0.468 e. The molecule has 0 unspecified atom stereocenters. The van der Waals surface area contributed by atoms with Crippen molar-refractivity contribution in [3.8, 4) is 0 Å². The molecule has 4 bridgehead atoms. The summed E-state index contributed by atoms with van der Waals surface area (Å²) in [6.45, 7) is 45.2. The smallest absolute Gasteiger partial charge is 0.297 e. The number of furan rings is 1. The summed E-state index contributed by atoms with van der Waals surface area (Å²) in [6.07, 6.45) is 17.8. The van der Waals surface area contributed by atoms with Crippen molar-refractivity contribution in [1.82, 2.24) is 0 Å². The number of hydrogen-bond acceptors (Lipinski definition) is 3. The molecule has 3 heterocycles. The summed E-state index contributed by atoms with van der Waals surface area (Å²) in [4.78, 5) is 5.72. The molecule has 0 saturated heterocycles. The third-order valence-corrected chi connectivity index (χ3v) is 25.1. The van der Waals surface area contributed by atoms with Crippen LogP contribution in [0.3, 0.4) is 0 Å². The predicted molar refractivity (Wildman–Crippen MR) is 341 cm³/mol. The Hall–Kier alpha value is -4.70. The molecule has 0 spiro atoms. The van der Waals surface area contributed by atoms with Crippen molar-refractivity contribution in [3.63, 3.8) is 0 Å². The Bertz CT molecular complexity index is 3680. The summed E-state index contributed by atoms with van der Waals surface area (Å²) in [5.74, 6) is 2.49. The van der Waals surface area contributed by atoms with Crippen molar-refractivity contribution in [2.75, 3.05) is 9.80 Å². The van der Waals surface area contributed by atoms with Crippen LogP contribution in [0.4, 0.5) is 34.1 Å². The van der Waals surface area contributed by atoms with Crippen LogP contribution in [0.15, 0.2) is 65.1 Å². The van der Waals surface area contributed by atoms with Crippen LogP contribution < -0.4 is 26.4 Å². The van der Waals surface area contributed by atoms with Gasteiger partial charge in [-0.3, -0.25) is 0 Å². The molecule has 8 aliphatic carbocycles. The van der Waals surface area contributed by atoms with E-state index in [1.165, 1.54) is 185 Å². The van der Waals surface area contributed by atoms with Gasteiger partial charge in [-0.1, -0.05) is 129 Å². The van der Waals surface area contributed by atoms with Crippen LogP contribution in [0, 0.1) is 31.6 Å². The van der Waals surface area contributed by atoms with Crippen LogP contribution in [0.1, 0.15) is 262 Å². The monoisotopic (exact) mass is 1060 g/mol. The lowest BCUT2D eigenvalue weighted by Gasteiger charge is -2.57. The number of benzene rings is 5. The second-order valence-corrected chi connectivity index (χ2v) is 34.3. The maximum atomic E-state index is 8.00. The van der Waals surface area contributed by atoms with E-state index in [1.54, 1.807) is 16.7 Å². The van der Waals surface area contributed by atoms with Crippen molar-refractivity contribution in [1.29, 1.82) is 0 Å². The van der Waals surface area contributed by atoms with Crippen molar-refractivity contribution in [2.24, 2.45) is 17.8 Å². The lowest BCUT2D eigenvalue weighted by molar-refractivity contribution is -0.00514. The first-order valence-electron chi connectivity index (χ1n) is 32.2. The summed E-state index contributed by atoms with van der Waals surface area (Å²) < 4.78 is 8.00. The fourth-order valence-electron chi connectivity index (χ4n) is 20.1. The quantitative estimate of drug-likeness (QED) is 0.164. The highest BCUT2D eigenvalue weighted by Crippen LogP contribution is 2.63. The number of aryl methyl sites for hydroxylation is 1. The van der Waals surface area contributed by atoms with E-state index in [2.05, 4.69) is 195 Å². The first-order chi connectivity index (χ1) is 37.3. The zero-order chi connectivity index (χ0) is 56.3. The van der Waals surface area contributed by atoms with Gasteiger partial charge in [0.05, 0.1) is 11.3 Å². The van der Waals surface area contributed by atoms with Crippen LogP contribution in [-0.4, -0.2) is 6.71 Å². The zero-order valence-corrected chi connectivity index (χ0v) is 52.8. The Morgan fingerprint density at radius 2 is 0.863 bits per heavy atom. The van der Waals surface area contributed by atoms with Gasteiger partial charge in [-0.2, -0.15) is 0 Å². The SMILES string of the molecule is Cc1cc2c(cc1N1c3cc4c(cc3B3c5oc6cc7c(cc6c5N(c5ccc6c(c5C)C(C)(C)CCC6(C)C)c5cc(C68CC9CC(CC(C9)C6)C8)cc1c53)C(C)(C)CCC7(C)C)C(C)(C)CCC4(C)C)C(C)(C)CCC2(C)C. The molecule has 0 N–H and O–H groups in total. The highest BCUT2D eigenvalue weighted by Gasteiger charge is 2.55. The normalized spacial score (nSPS) is 28.3. The Morgan fingerprint density at radius 3 is 1.40 bits per heavy atom. The van der Waals surface area contributed by atoms with Gasteiger partial charge in [-0.25, -0.2) is 0 Å². The van der Waals surface area contributed by atoms with E-state index in [0.717, 1.165) is 29.0 Å². The third kappa shape index (κ3) is 7.04. The Balaban J connectivity index is 1.12. The molecular formula is C76H95BN2O. The van der Waals surface area contributed by atoms with Crippen LogP contribution in [-0.2, 0) is 48.7 Å². The van der Waals surface area contributed by atoms with Crippen LogP contribution in [0.5, 0.6) is 0 Å². The summed E-state index contributed by atoms with van der Waals surface area (Å²) in [5, 5.41) is 1.28. The summed E-state index contributed by atoms with van der Waals surface area (Å²) >= 11 is 0. The van der Waals surface area contributed by atoms with Gasteiger partial charge in [0.25, 0.3) is 6.71 Å². The number of hydrogen-bond donors (Lipinski definition) is 0. The second-order valence-electron chi connectivity index (χ2n) is 34.3. The van der Waals surface area contributed by atoms with Crippen LogP contribution >= 0.6 is 0 Å². The first kappa shape index (κ1) is 52.1. The van der Waals surface area contributed by atoms with E-state index in [1.807, 2.05) is 0 Å². The molecule has 4 heteroatoms. The second kappa shape index (κ2) is 15.9. The van der Waals surface area contributed by atoms with E-state index in [0.29, 0.717) is 0 Å². The van der Waals surface area contributed by atoms with E-state index >= 15 is 0 Å².